The highest BCUT2D eigenvalue weighted by Gasteiger charge is 2.06. The van der Waals surface area contributed by atoms with Crippen LogP contribution >= 0.6 is 0 Å². The van der Waals surface area contributed by atoms with Gasteiger partial charge in [-0.1, -0.05) is 6.92 Å². The van der Waals surface area contributed by atoms with E-state index in [2.05, 4.69) is 38.2 Å². The highest BCUT2D eigenvalue weighted by atomic mass is 16.5. The molecule has 0 aliphatic rings. The normalized spacial score (nSPS) is 12.5. The van der Waals surface area contributed by atoms with Crippen molar-refractivity contribution in [2.24, 2.45) is 0 Å². The molecule has 1 atom stereocenters. The molecule has 4 heteroatoms. The van der Waals surface area contributed by atoms with Crippen LogP contribution in [-0.2, 0) is 0 Å². The van der Waals surface area contributed by atoms with Gasteiger partial charge in [0, 0.05) is 24.3 Å². The first-order valence-electron chi connectivity index (χ1n) is 6.46. The smallest absolute Gasteiger partial charge is 0.144 e. The average Bonchev–Trinajstić information content (AvgIpc) is 2.28. The predicted octanol–water partition coefficient (Wildman–Crippen LogP) is 2.42. The van der Waals surface area contributed by atoms with Gasteiger partial charge in [-0.15, -0.1) is 0 Å². The van der Waals surface area contributed by atoms with E-state index in [0.717, 1.165) is 24.4 Å². The molecule has 1 aromatic rings. The van der Waals surface area contributed by atoms with E-state index in [1.54, 1.807) is 0 Å². The van der Waals surface area contributed by atoms with Crippen molar-refractivity contribution >= 4 is 11.4 Å². The maximum absolute atomic E-state index is 5.88. The fraction of sp³-hybridized carbons (Fsp3) is 0.571. The van der Waals surface area contributed by atoms with Crippen molar-refractivity contribution in [2.45, 2.75) is 26.3 Å². The first-order valence-corrected chi connectivity index (χ1v) is 6.46. The first kappa shape index (κ1) is 14.6. The second kappa shape index (κ2) is 7.11. The van der Waals surface area contributed by atoms with Gasteiger partial charge in [0.2, 0.25) is 0 Å². The molecule has 0 aliphatic heterocycles. The molecule has 0 spiro atoms. The number of nitrogens with one attached hydrogen (secondary N) is 1. The van der Waals surface area contributed by atoms with Gasteiger partial charge in [-0.3, -0.25) is 0 Å². The summed E-state index contributed by atoms with van der Waals surface area (Å²) in [6.07, 6.45) is 0.980. The lowest BCUT2D eigenvalue weighted by Crippen LogP contribution is -2.29. The molecule has 0 heterocycles. The zero-order valence-corrected chi connectivity index (χ0v) is 11.9. The topological polar surface area (TPSA) is 50.5 Å². The maximum atomic E-state index is 5.88. The van der Waals surface area contributed by atoms with E-state index < -0.39 is 0 Å². The molecular formula is C14H25N3O. The SMILES string of the molecule is CCCOc1cc(NC(C)CN(C)C)ccc1N. The fourth-order valence-corrected chi connectivity index (χ4v) is 1.84. The van der Waals surface area contributed by atoms with Crippen LogP contribution in [0.25, 0.3) is 0 Å². The van der Waals surface area contributed by atoms with E-state index in [9.17, 15) is 0 Å². The second-order valence-electron chi connectivity index (χ2n) is 4.91. The largest absolute Gasteiger partial charge is 0.491 e. The molecule has 4 nitrogen and oxygen atoms in total. The summed E-state index contributed by atoms with van der Waals surface area (Å²) in [6, 6.07) is 6.22. The van der Waals surface area contributed by atoms with Crippen molar-refractivity contribution in [3.05, 3.63) is 18.2 Å². The van der Waals surface area contributed by atoms with Crippen molar-refractivity contribution in [2.75, 3.05) is 38.3 Å². The van der Waals surface area contributed by atoms with E-state index in [1.807, 2.05) is 18.2 Å². The highest BCUT2D eigenvalue weighted by Crippen LogP contribution is 2.26. The number of anilines is 2. The minimum atomic E-state index is 0.377. The van der Waals surface area contributed by atoms with Crippen molar-refractivity contribution in [1.82, 2.24) is 4.90 Å². The van der Waals surface area contributed by atoms with Gasteiger partial charge in [0.05, 0.1) is 12.3 Å². The van der Waals surface area contributed by atoms with Gasteiger partial charge in [-0.2, -0.15) is 0 Å². The van der Waals surface area contributed by atoms with Crippen LogP contribution in [0.15, 0.2) is 18.2 Å². The summed E-state index contributed by atoms with van der Waals surface area (Å²) in [5, 5.41) is 3.44. The third kappa shape index (κ3) is 4.84. The van der Waals surface area contributed by atoms with Gasteiger partial charge in [0.15, 0.2) is 0 Å². The lowest BCUT2D eigenvalue weighted by atomic mass is 10.2. The molecule has 0 saturated carbocycles. The van der Waals surface area contributed by atoms with Gasteiger partial charge in [-0.05, 0) is 39.6 Å². The lowest BCUT2D eigenvalue weighted by Gasteiger charge is -2.20. The monoisotopic (exact) mass is 251 g/mol. The molecular weight excluding hydrogens is 226 g/mol. The Balaban J connectivity index is 2.66. The van der Waals surface area contributed by atoms with E-state index >= 15 is 0 Å². The number of hydrogen-bond acceptors (Lipinski definition) is 4. The molecule has 0 radical (unpaired) electrons. The average molecular weight is 251 g/mol. The second-order valence-corrected chi connectivity index (χ2v) is 4.91. The number of nitrogen functional groups attached to an aromatic ring is 1. The minimum absolute atomic E-state index is 0.377. The third-order valence-corrected chi connectivity index (χ3v) is 2.53. The minimum Gasteiger partial charge on any atom is -0.491 e. The summed E-state index contributed by atoms with van der Waals surface area (Å²) < 4.78 is 5.61. The molecule has 1 unspecified atom stereocenters. The quantitative estimate of drug-likeness (QED) is 0.731. The van der Waals surface area contributed by atoms with Crippen molar-refractivity contribution in [3.63, 3.8) is 0 Å². The number of benzene rings is 1. The molecule has 0 amide bonds. The van der Waals surface area contributed by atoms with Gasteiger partial charge >= 0.3 is 0 Å². The Hall–Kier alpha value is -1.42. The Morgan fingerprint density at radius 3 is 2.72 bits per heavy atom. The van der Waals surface area contributed by atoms with E-state index in [-0.39, 0.29) is 0 Å². The van der Waals surface area contributed by atoms with Crippen LogP contribution < -0.4 is 15.8 Å². The number of ether oxygens (including phenoxy) is 1. The third-order valence-electron chi connectivity index (χ3n) is 2.53. The molecule has 0 saturated heterocycles. The van der Waals surface area contributed by atoms with E-state index in [1.165, 1.54) is 0 Å². The van der Waals surface area contributed by atoms with Crippen LogP contribution in [0.2, 0.25) is 0 Å². The summed E-state index contributed by atoms with van der Waals surface area (Å²) in [4.78, 5) is 2.16. The fourth-order valence-electron chi connectivity index (χ4n) is 1.84. The molecule has 3 N–H and O–H groups in total. The molecule has 0 aliphatic carbocycles. The molecule has 1 rings (SSSR count). The zero-order valence-electron chi connectivity index (χ0n) is 11.9. The number of nitrogens with zero attached hydrogens (tertiary/aromatic N) is 1. The number of nitrogens with two attached hydrogens (primary N) is 1. The van der Waals surface area contributed by atoms with Gasteiger partial charge in [0.1, 0.15) is 5.75 Å². The van der Waals surface area contributed by atoms with Crippen LogP contribution in [0.4, 0.5) is 11.4 Å². The van der Waals surface area contributed by atoms with Crippen LogP contribution in [0.3, 0.4) is 0 Å². The first-order chi connectivity index (χ1) is 8.52. The molecule has 0 bridgehead atoms. The standard InChI is InChI=1S/C14H25N3O/c1-5-8-18-14-9-12(6-7-13(14)15)16-11(2)10-17(3)4/h6-7,9,11,16H,5,8,10,15H2,1-4H3. The zero-order chi connectivity index (χ0) is 13.5. The van der Waals surface area contributed by atoms with E-state index in [4.69, 9.17) is 10.5 Å². The number of hydrogen-bond donors (Lipinski definition) is 2. The summed E-state index contributed by atoms with van der Waals surface area (Å²) >= 11 is 0. The molecule has 18 heavy (non-hydrogen) atoms. The Morgan fingerprint density at radius 1 is 1.39 bits per heavy atom. The Labute approximate surface area is 110 Å². The summed E-state index contributed by atoms with van der Waals surface area (Å²) in [7, 11) is 4.13. The summed E-state index contributed by atoms with van der Waals surface area (Å²) in [5.41, 5.74) is 7.62. The number of likely N-dealkylation sites (N-methyl/N-ethyl adjacent to an activating group) is 1. The number of rotatable bonds is 7. The molecule has 102 valence electrons. The Morgan fingerprint density at radius 2 is 2.11 bits per heavy atom. The van der Waals surface area contributed by atoms with Crippen LogP contribution in [-0.4, -0.2) is 38.2 Å². The molecule has 0 aromatic heterocycles. The molecule has 0 fully saturated rings. The van der Waals surface area contributed by atoms with Crippen LogP contribution in [0.5, 0.6) is 5.75 Å². The van der Waals surface area contributed by atoms with Crippen molar-refractivity contribution in [3.8, 4) is 5.75 Å². The predicted molar refractivity (Wildman–Crippen MR) is 78.3 cm³/mol. The molecule has 1 aromatic carbocycles. The van der Waals surface area contributed by atoms with Crippen molar-refractivity contribution < 1.29 is 4.74 Å². The van der Waals surface area contributed by atoms with Gasteiger partial charge in [0.25, 0.3) is 0 Å². The summed E-state index contributed by atoms with van der Waals surface area (Å²) in [6.45, 7) is 5.91. The van der Waals surface area contributed by atoms with Crippen LogP contribution in [0, 0.1) is 0 Å². The van der Waals surface area contributed by atoms with Gasteiger partial charge in [-0.25, -0.2) is 0 Å². The Bertz CT molecular complexity index is 366. The van der Waals surface area contributed by atoms with Crippen LogP contribution in [0.1, 0.15) is 20.3 Å². The van der Waals surface area contributed by atoms with Crippen molar-refractivity contribution in [1.29, 1.82) is 0 Å². The lowest BCUT2D eigenvalue weighted by molar-refractivity contribution is 0.319. The Kier molecular flexibility index (Phi) is 5.78. The van der Waals surface area contributed by atoms with E-state index in [0.29, 0.717) is 18.3 Å². The highest BCUT2D eigenvalue weighted by molar-refractivity contribution is 5.61. The van der Waals surface area contributed by atoms with Gasteiger partial charge < -0.3 is 20.7 Å². The maximum Gasteiger partial charge on any atom is 0.144 e. The summed E-state index contributed by atoms with van der Waals surface area (Å²) in [5.74, 6) is 0.763.